The van der Waals surface area contributed by atoms with Crippen molar-refractivity contribution in [1.82, 2.24) is 5.32 Å². The van der Waals surface area contributed by atoms with Crippen LogP contribution in [0.2, 0.25) is 0 Å². The van der Waals surface area contributed by atoms with Crippen molar-refractivity contribution in [3.05, 3.63) is 29.8 Å². The summed E-state index contributed by atoms with van der Waals surface area (Å²) in [6.07, 6.45) is 0.291. The lowest BCUT2D eigenvalue weighted by Gasteiger charge is -2.17. The molecule has 1 aromatic carbocycles. The first kappa shape index (κ1) is 16.2. The number of urea groups is 1. The Morgan fingerprint density at radius 2 is 2.05 bits per heavy atom. The summed E-state index contributed by atoms with van der Waals surface area (Å²) in [7, 11) is 0. The zero-order valence-electron chi connectivity index (χ0n) is 12.1. The van der Waals surface area contributed by atoms with Crippen LogP contribution in [0.3, 0.4) is 0 Å². The molecular formula is C15H22N2O3. The molecule has 1 rings (SSSR count). The van der Waals surface area contributed by atoms with Gasteiger partial charge in [0.15, 0.2) is 5.78 Å². The second kappa shape index (κ2) is 7.65. The zero-order valence-corrected chi connectivity index (χ0v) is 12.1. The Bertz CT molecular complexity index is 474. The van der Waals surface area contributed by atoms with Crippen molar-refractivity contribution >= 4 is 17.5 Å². The second-order valence-electron chi connectivity index (χ2n) is 4.92. The van der Waals surface area contributed by atoms with E-state index in [4.69, 9.17) is 0 Å². The molecule has 0 fully saturated rings. The van der Waals surface area contributed by atoms with Gasteiger partial charge in [0.05, 0.1) is 6.10 Å². The summed E-state index contributed by atoms with van der Waals surface area (Å²) in [5.74, 6) is 0.0811. The van der Waals surface area contributed by atoms with Crippen LogP contribution in [0.15, 0.2) is 24.3 Å². The minimum atomic E-state index is -0.561. The summed E-state index contributed by atoms with van der Waals surface area (Å²) in [6, 6.07) is 6.33. The zero-order chi connectivity index (χ0) is 15.1. The molecule has 2 atom stereocenters. The molecule has 0 bridgehead atoms. The minimum absolute atomic E-state index is 0.0544. The third-order valence-corrected chi connectivity index (χ3v) is 3.30. The fourth-order valence-electron chi connectivity index (χ4n) is 1.66. The number of nitrogens with one attached hydrogen (secondary N) is 2. The molecule has 0 saturated heterocycles. The van der Waals surface area contributed by atoms with Crippen LogP contribution in [0.25, 0.3) is 0 Å². The lowest BCUT2D eigenvalue weighted by molar-refractivity contribution is 0.101. The van der Waals surface area contributed by atoms with Crippen LogP contribution in [0.4, 0.5) is 10.5 Å². The highest BCUT2D eigenvalue weighted by Crippen LogP contribution is 2.11. The highest BCUT2D eigenvalue weighted by molar-refractivity contribution is 5.96. The third kappa shape index (κ3) is 5.01. The van der Waals surface area contributed by atoms with E-state index in [2.05, 4.69) is 10.6 Å². The van der Waals surface area contributed by atoms with Crippen LogP contribution in [0.1, 0.15) is 37.6 Å². The molecule has 0 heterocycles. The van der Waals surface area contributed by atoms with Crippen LogP contribution in [0, 0.1) is 5.92 Å². The molecule has 0 radical (unpaired) electrons. The van der Waals surface area contributed by atoms with E-state index in [-0.39, 0.29) is 18.2 Å². The Labute approximate surface area is 119 Å². The van der Waals surface area contributed by atoms with Gasteiger partial charge in [-0.3, -0.25) is 4.79 Å². The quantitative estimate of drug-likeness (QED) is 0.699. The van der Waals surface area contributed by atoms with Gasteiger partial charge < -0.3 is 15.7 Å². The maximum atomic E-state index is 11.7. The number of ketones is 1. The summed E-state index contributed by atoms with van der Waals surface area (Å²) in [5.41, 5.74) is 1.09. The number of carbonyl (C=O) groups is 2. The highest BCUT2D eigenvalue weighted by Gasteiger charge is 2.13. The summed E-state index contributed by atoms with van der Waals surface area (Å²) in [4.78, 5) is 22.9. The highest BCUT2D eigenvalue weighted by atomic mass is 16.3. The topological polar surface area (TPSA) is 78.4 Å². The SMILES string of the molecule is CCC(C)C(O)CNC(=O)Nc1cccc(C(C)=O)c1. The number of amides is 2. The number of hydrogen-bond acceptors (Lipinski definition) is 3. The van der Waals surface area contributed by atoms with E-state index in [1.54, 1.807) is 24.3 Å². The molecule has 5 nitrogen and oxygen atoms in total. The molecule has 0 aliphatic carbocycles. The molecule has 110 valence electrons. The van der Waals surface area contributed by atoms with Gasteiger partial charge in [-0.15, -0.1) is 0 Å². The Balaban J connectivity index is 2.50. The number of aliphatic hydroxyl groups excluding tert-OH is 1. The Morgan fingerprint density at radius 3 is 2.65 bits per heavy atom. The van der Waals surface area contributed by atoms with E-state index < -0.39 is 12.1 Å². The number of aliphatic hydroxyl groups is 1. The number of Topliss-reactive ketones (excluding diaryl/α,β-unsaturated/α-hetero) is 1. The maximum Gasteiger partial charge on any atom is 0.319 e. The first-order valence-electron chi connectivity index (χ1n) is 6.78. The van der Waals surface area contributed by atoms with Crippen molar-refractivity contribution in [1.29, 1.82) is 0 Å². The Morgan fingerprint density at radius 1 is 1.35 bits per heavy atom. The molecule has 2 amide bonds. The monoisotopic (exact) mass is 278 g/mol. The van der Waals surface area contributed by atoms with Crippen LogP contribution >= 0.6 is 0 Å². The number of hydrogen-bond donors (Lipinski definition) is 3. The van der Waals surface area contributed by atoms with Gasteiger partial charge in [-0.25, -0.2) is 4.79 Å². The van der Waals surface area contributed by atoms with Crippen LogP contribution in [0.5, 0.6) is 0 Å². The van der Waals surface area contributed by atoms with Crippen molar-refractivity contribution in [3.8, 4) is 0 Å². The minimum Gasteiger partial charge on any atom is -0.391 e. The molecule has 0 spiro atoms. The van der Waals surface area contributed by atoms with E-state index >= 15 is 0 Å². The van der Waals surface area contributed by atoms with Crippen molar-refractivity contribution in [3.63, 3.8) is 0 Å². The number of rotatable bonds is 6. The smallest absolute Gasteiger partial charge is 0.319 e. The van der Waals surface area contributed by atoms with Gasteiger partial charge >= 0.3 is 6.03 Å². The van der Waals surface area contributed by atoms with Gasteiger partial charge in [-0.1, -0.05) is 32.4 Å². The number of benzene rings is 1. The molecule has 1 aromatic rings. The van der Waals surface area contributed by atoms with Gasteiger partial charge in [-0.05, 0) is 25.0 Å². The van der Waals surface area contributed by atoms with Gasteiger partial charge in [0, 0.05) is 17.8 Å². The van der Waals surface area contributed by atoms with Crippen molar-refractivity contribution < 1.29 is 14.7 Å². The van der Waals surface area contributed by atoms with Gasteiger partial charge in [0.25, 0.3) is 0 Å². The number of carbonyl (C=O) groups excluding carboxylic acids is 2. The largest absolute Gasteiger partial charge is 0.391 e. The molecule has 20 heavy (non-hydrogen) atoms. The van der Waals surface area contributed by atoms with Crippen LogP contribution in [-0.2, 0) is 0 Å². The summed E-state index contributed by atoms with van der Waals surface area (Å²) >= 11 is 0. The molecular weight excluding hydrogens is 256 g/mol. The summed E-state index contributed by atoms with van der Waals surface area (Å²) < 4.78 is 0. The Hall–Kier alpha value is -1.88. The summed E-state index contributed by atoms with van der Waals surface area (Å²) in [6.45, 7) is 5.59. The fraction of sp³-hybridized carbons (Fsp3) is 0.467. The first-order valence-corrected chi connectivity index (χ1v) is 6.78. The van der Waals surface area contributed by atoms with E-state index in [9.17, 15) is 14.7 Å². The van der Waals surface area contributed by atoms with E-state index in [1.165, 1.54) is 6.92 Å². The molecule has 0 aromatic heterocycles. The van der Waals surface area contributed by atoms with Crippen molar-refractivity contribution in [2.75, 3.05) is 11.9 Å². The molecule has 5 heteroatoms. The predicted molar refractivity (Wildman–Crippen MR) is 78.9 cm³/mol. The lowest BCUT2D eigenvalue weighted by Crippen LogP contribution is -2.37. The first-order chi connectivity index (χ1) is 9.43. The van der Waals surface area contributed by atoms with Crippen molar-refractivity contribution in [2.45, 2.75) is 33.3 Å². The lowest BCUT2D eigenvalue weighted by atomic mass is 10.0. The molecule has 0 aliphatic rings. The third-order valence-electron chi connectivity index (χ3n) is 3.30. The average Bonchev–Trinajstić information content (AvgIpc) is 2.44. The van der Waals surface area contributed by atoms with Gasteiger partial charge in [0.2, 0.25) is 0 Å². The van der Waals surface area contributed by atoms with Crippen LogP contribution < -0.4 is 10.6 Å². The molecule has 0 aliphatic heterocycles. The normalized spacial score (nSPS) is 13.4. The molecule has 2 unspecified atom stereocenters. The summed E-state index contributed by atoms with van der Waals surface area (Å²) in [5, 5.41) is 15.0. The van der Waals surface area contributed by atoms with E-state index in [0.717, 1.165) is 6.42 Å². The maximum absolute atomic E-state index is 11.7. The van der Waals surface area contributed by atoms with E-state index in [1.807, 2.05) is 13.8 Å². The molecule has 3 N–H and O–H groups in total. The van der Waals surface area contributed by atoms with Gasteiger partial charge in [0.1, 0.15) is 0 Å². The number of anilines is 1. The molecule has 0 saturated carbocycles. The van der Waals surface area contributed by atoms with Gasteiger partial charge in [-0.2, -0.15) is 0 Å². The van der Waals surface area contributed by atoms with Crippen LogP contribution in [-0.4, -0.2) is 29.6 Å². The predicted octanol–water partition coefficient (Wildman–Crippen LogP) is 2.42. The average molecular weight is 278 g/mol. The second-order valence-corrected chi connectivity index (χ2v) is 4.92. The standard InChI is InChI=1S/C15H22N2O3/c1-4-10(2)14(19)9-16-15(20)17-13-7-5-6-12(8-13)11(3)18/h5-8,10,14,19H,4,9H2,1-3H3,(H2,16,17,20). The van der Waals surface area contributed by atoms with Crippen molar-refractivity contribution in [2.24, 2.45) is 5.92 Å². The fourth-order valence-corrected chi connectivity index (χ4v) is 1.66. The Kier molecular flexibility index (Phi) is 6.18. The van der Waals surface area contributed by atoms with E-state index in [0.29, 0.717) is 11.3 Å².